The lowest BCUT2D eigenvalue weighted by Crippen LogP contribution is -2.24. The number of amides is 1. The molecule has 3 rings (SSSR count). The predicted octanol–water partition coefficient (Wildman–Crippen LogP) is 5.74. The van der Waals surface area contributed by atoms with Gasteiger partial charge in [0.2, 0.25) is 5.75 Å². The number of nitrogens with zero attached hydrogens (tertiary/aromatic N) is 3. The van der Waals surface area contributed by atoms with Crippen molar-refractivity contribution in [1.82, 2.24) is 5.43 Å². The number of benzene rings is 3. The van der Waals surface area contributed by atoms with E-state index in [1.165, 1.54) is 17.8 Å². The molecule has 12 nitrogen and oxygen atoms in total. The zero-order chi connectivity index (χ0) is 28.4. The van der Waals surface area contributed by atoms with Gasteiger partial charge in [-0.3, -0.25) is 25.0 Å². The van der Waals surface area contributed by atoms with Crippen LogP contribution in [0.1, 0.15) is 44.2 Å². The van der Waals surface area contributed by atoms with Crippen LogP contribution in [0.25, 0.3) is 0 Å². The lowest BCUT2D eigenvalue weighted by molar-refractivity contribution is -0.394. The first-order chi connectivity index (χ1) is 18.7. The standard InChI is InChI=1S/C27H28N4O8/c1-4-18(3)20-7-10-22(11-8-20)38-17-27(32)29-28-16-19-6-12-25(26(14-19)37-5-2)39-24-13-9-21(30(33)34)15-23(24)31(35)36/h6-16,18H,4-5,17H2,1-3H3,(H,29,32)/b28-16-/t18-/m1/s1. The highest BCUT2D eigenvalue weighted by atomic mass is 16.6. The summed E-state index contributed by atoms with van der Waals surface area (Å²) in [5.41, 5.74) is 3.14. The summed E-state index contributed by atoms with van der Waals surface area (Å²) < 4.78 is 16.8. The fraction of sp³-hybridized carbons (Fsp3) is 0.259. The second-order valence-electron chi connectivity index (χ2n) is 8.37. The zero-order valence-corrected chi connectivity index (χ0v) is 21.7. The largest absolute Gasteiger partial charge is 0.490 e. The van der Waals surface area contributed by atoms with E-state index in [1.807, 2.05) is 24.3 Å². The Balaban J connectivity index is 1.64. The first kappa shape index (κ1) is 28.6. The monoisotopic (exact) mass is 536 g/mol. The highest BCUT2D eigenvalue weighted by Crippen LogP contribution is 2.38. The lowest BCUT2D eigenvalue weighted by atomic mass is 9.99. The number of non-ortho nitro benzene ring substituents is 1. The van der Waals surface area contributed by atoms with Crippen LogP contribution in [0.3, 0.4) is 0 Å². The maximum Gasteiger partial charge on any atom is 0.318 e. The van der Waals surface area contributed by atoms with Crippen LogP contribution < -0.4 is 19.6 Å². The Bertz CT molecular complexity index is 1360. The Labute approximate surface area is 224 Å². The average Bonchev–Trinajstić information content (AvgIpc) is 2.93. The van der Waals surface area contributed by atoms with E-state index < -0.39 is 27.1 Å². The predicted molar refractivity (Wildman–Crippen MR) is 144 cm³/mol. The number of nitro benzene ring substituents is 2. The minimum atomic E-state index is -0.766. The molecule has 39 heavy (non-hydrogen) atoms. The molecule has 0 saturated carbocycles. The van der Waals surface area contributed by atoms with Gasteiger partial charge in [0.15, 0.2) is 18.1 Å². The molecule has 12 heteroatoms. The highest BCUT2D eigenvalue weighted by Gasteiger charge is 2.22. The molecule has 1 atom stereocenters. The number of ether oxygens (including phenoxy) is 3. The van der Waals surface area contributed by atoms with Crippen LogP contribution >= 0.6 is 0 Å². The molecule has 0 heterocycles. The number of hydrazone groups is 1. The molecule has 204 valence electrons. The van der Waals surface area contributed by atoms with Gasteiger partial charge in [0, 0.05) is 6.07 Å². The summed E-state index contributed by atoms with van der Waals surface area (Å²) in [6.07, 6.45) is 2.42. The molecule has 0 aliphatic rings. The number of hydrogen-bond donors (Lipinski definition) is 1. The van der Waals surface area contributed by atoms with Gasteiger partial charge in [-0.1, -0.05) is 26.0 Å². The molecule has 0 bridgehead atoms. The minimum Gasteiger partial charge on any atom is -0.490 e. The maximum atomic E-state index is 12.1. The molecule has 0 radical (unpaired) electrons. The summed E-state index contributed by atoms with van der Waals surface area (Å²) in [6, 6.07) is 15.4. The third-order valence-electron chi connectivity index (χ3n) is 5.67. The summed E-state index contributed by atoms with van der Waals surface area (Å²) in [7, 11) is 0. The molecule has 0 saturated heterocycles. The van der Waals surface area contributed by atoms with Gasteiger partial charge in [0.05, 0.1) is 28.7 Å². The quantitative estimate of drug-likeness (QED) is 0.165. The van der Waals surface area contributed by atoms with E-state index in [0.717, 1.165) is 24.6 Å². The summed E-state index contributed by atoms with van der Waals surface area (Å²) in [4.78, 5) is 33.0. The fourth-order valence-electron chi connectivity index (χ4n) is 3.41. The van der Waals surface area contributed by atoms with Crippen molar-refractivity contribution >= 4 is 23.5 Å². The van der Waals surface area contributed by atoms with Crippen LogP contribution in [0.15, 0.2) is 65.8 Å². The normalized spacial score (nSPS) is 11.6. The second-order valence-corrected chi connectivity index (χ2v) is 8.37. The number of hydrogen-bond acceptors (Lipinski definition) is 9. The average molecular weight is 537 g/mol. The third kappa shape index (κ3) is 7.99. The van der Waals surface area contributed by atoms with E-state index in [0.29, 0.717) is 17.2 Å². The SMILES string of the molecule is CCOc1cc(/C=N\NC(=O)COc2ccc([C@H](C)CC)cc2)ccc1Oc1ccc([N+](=O)[O-])cc1[N+](=O)[O-]. The first-order valence-corrected chi connectivity index (χ1v) is 12.1. The van der Waals surface area contributed by atoms with Gasteiger partial charge >= 0.3 is 5.69 Å². The van der Waals surface area contributed by atoms with Gasteiger partial charge in [0.25, 0.3) is 11.6 Å². The lowest BCUT2D eigenvalue weighted by Gasteiger charge is -2.12. The third-order valence-corrected chi connectivity index (χ3v) is 5.67. The van der Waals surface area contributed by atoms with Gasteiger partial charge < -0.3 is 14.2 Å². The van der Waals surface area contributed by atoms with Crippen LogP contribution in [-0.4, -0.2) is 35.2 Å². The van der Waals surface area contributed by atoms with E-state index in [1.54, 1.807) is 19.1 Å². The molecule has 3 aromatic carbocycles. The smallest absolute Gasteiger partial charge is 0.318 e. The maximum absolute atomic E-state index is 12.1. The van der Waals surface area contributed by atoms with Crippen molar-refractivity contribution in [3.8, 4) is 23.0 Å². The van der Waals surface area contributed by atoms with E-state index in [-0.39, 0.29) is 30.5 Å². The van der Waals surface area contributed by atoms with Gasteiger partial charge in [-0.15, -0.1) is 0 Å². The van der Waals surface area contributed by atoms with Crippen LogP contribution in [-0.2, 0) is 4.79 Å². The highest BCUT2D eigenvalue weighted by molar-refractivity contribution is 5.83. The molecule has 0 aromatic heterocycles. The van der Waals surface area contributed by atoms with E-state index in [9.17, 15) is 25.0 Å². The molecule has 0 unspecified atom stereocenters. The number of carbonyl (C=O) groups excluding carboxylic acids is 1. The van der Waals surface area contributed by atoms with Crippen LogP contribution in [0, 0.1) is 20.2 Å². The molecule has 0 spiro atoms. The van der Waals surface area contributed by atoms with Gasteiger partial charge in [-0.05, 0) is 66.8 Å². The first-order valence-electron chi connectivity index (χ1n) is 12.1. The van der Waals surface area contributed by atoms with Crippen molar-refractivity contribution < 1.29 is 28.9 Å². The number of nitrogens with one attached hydrogen (secondary N) is 1. The Hall–Kier alpha value is -5.00. The van der Waals surface area contributed by atoms with Crippen molar-refractivity contribution in [2.24, 2.45) is 5.10 Å². The molecule has 0 aliphatic heterocycles. The van der Waals surface area contributed by atoms with E-state index >= 15 is 0 Å². The van der Waals surface area contributed by atoms with Crippen molar-refractivity contribution in [3.05, 3.63) is 92.0 Å². The molecule has 1 amide bonds. The Kier molecular flexibility index (Phi) is 9.90. The van der Waals surface area contributed by atoms with Crippen LogP contribution in [0.4, 0.5) is 11.4 Å². The Morgan fingerprint density at radius 2 is 1.67 bits per heavy atom. The summed E-state index contributed by atoms with van der Waals surface area (Å²) in [6.45, 7) is 6.06. The molecular weight excluding hydrogens is 508 g/mol. The number of carbonyl (C=O) groups is 1. The Morgan fingerprint density at radius 3 is 2.31 bits per heavy atom. The summed E-state index contributed by atoms with van der Waals surface area (Å²) in [5.74, 6) is 0.794. The number of rotatable bonds is 13. The molecule has 0 aliphatic carbocycles. The molecular formula is C27H28N4O8. The van der Waals surface area contributed by atoms with Crippen LogP contribution in [0.5, 0.6) is 23.0 Å². The van der Waals surface area contributed by atoms with E-state index in [4.69, 9.17) is 14.2 Å². The molecule has 3 aromatic rings. The zero-order valence-electron chi connectivity index (χ0n) is 21.7. The van der Waals surface area contributed by atoms with Gasteiger partial charge in [-0.25, -0.2) is 5.43 Å². The van der Waals surface area contributed by atoms with Crippen molar-refractivity contribution in [3.63, 3.8) is 0 Å². The summed E-state index contributed by atoms with van der Waals surface area (Å²) in [5, 5.41) is 26.3. The van der Waals surface area contributed by atoms with Crippen molar-refractivity contribution in [2.75, 3.05) is 13.2 Å². The molecule has 0 fully saturated rings. The molecule has 1 N–H and O–H groups in total. The van der Waals surface area contributed by atoms with Crippen LogP contribution in [0.2, 0.25) is 0 Å². The fourth-order valence-corrected chi connectivity index (χ4v) is 3.41. The number of nitro groups is 2. The van der Waals surface area contributed by atoms with E-state index in [2.05, 4.69) is 24.4 Å². The Morgan fingerprint density at radius 1 is 0.949 bits per heavy atom. The van der Waals surface area contributed by atoms with Crippen molar-refractivity contribution in [2.45, 2.75) is 33.1 Å². The van der Waals surface area contributed by atoms with Crippen molar-refractivity contribution in [1.29, 1.82) is 0 Å². The van der Waals surface area contributed by atoms with Gasteiger partial charge in [-0.2, -0.15) is 5.10 Å². The summed E-state index contributed by atoms with van der Waals surface area (Å²) >= 11 is 0. The topological polar surface area (TPSA) is 155 Å². The minimum absolute atomic E-state index is 0.155. The second kappa shape index (κ2) is 13.5. The van der Waals surface area contributed by atoms with Gasteiger partial charge in [0.1, 0.15) is 5.75 Å².